The molecule has 1 heterocycles. The highest BCUT2D eigenvalue weighted by molar-refractivity contribution is 5.85. The van der Waals surface area contributed by atoms with Gasteiger partial charge in [0.2, 0.25) is 0 Å². The van der Waals surface area contributed by atoms with Gasteiger partial charge in [-0.2, -0.15) is 0 Å². The molecular formula is C15H22Cl2F2N2. The maximum atomic E-state index is 13.4. The van der Waals surface area contributed by atoms with Crippen molar-refractivity contribution < 1.29 is 8.78 Å². The van der Waals surface area contributed by atoms with Crippen LogP contribution in [0.15, 0.2) is 18.2 Å². The van der Waals surface area contributed by atoms with Crippen LogP contribution >= 0.6 is 24.8 Å². The SMILES string of the molecule is Cl.Cl.Fc1cc(F)cc([C@@H](CC2CC2)N2CCNCC2)c1. The van der Waals surface area contributed by atoms with Gasteiger partial charge in [-0.25, -0.2) is 8.78 Å². The molecule has 1 saturated carbocycles. The summed E-state index contributed by atoms with van der Waals surface area (Å²) < 4.78 is 26.9. The molecule has 0 radical (unpaired) electrons. The summed E-state index contributed by atoms with van der Waals surface area (Å²) >= 11 is 0. The Balaban J connectivity index is 0.00000110. The summed E-state index contributed by atoms with van der Waals surface area (Å²) in [6.45, 7) is 3.82. The summed E-state index contributed by atoms with van der Waals surface area (Å²) in [5.74, 6) is -0.192. The topological polar surface area (TPSA) is 15.3 Å². The van der Waals surface area contributed by atoms with Gasteiger partial charge in [0.25, 0.3) is 0 Å². The maximum Gasteiger partial charge on any atom is 0.126 e. The van der Waals surface area contributed by atoms with Crippen LogP contribution in [0.1, 0.15) is 30.9 Å². The first-order valence-electron chi connectivity index (χ1n) is 7.13. The minimum absolute atomic E-state index is 0. The van der Waals surface area contributed by atoms with E-state index in [-0.39, 0.29) is 30.9 Å². The van der Waals surface area contributed by atoms with Gasteiger partial charge in [-0.05, 0) is 30.0 Å². The number of piperazine rings is 1. The number of rotatable bonds is 4. The molecule has 1 aromatic carbocycles. The predicted octanol–water partition coefficient (Wildman–Crippen LogP) is 3.55. The van der Waals surface area contributed by atoms with Crippen LogP contribution in [-0.4, -0.2) is 31.1 Å². The van der Waals surface area contributed by atoms with E-state index in [0.717, 1.165) is 50.1 Å². The van der Waals surface area contributed by atoms with E-state index >= 15 is 0 Å². The lowest BCUT2D eigenvalue weighted by Gasteiger charge is -2.35. The van der Waals surface area contributed by atoms with Crippen LogP contribution in [0, 0.1) is 17.6 Å². The Morgan fingerprint density at radius 1 is 1.05 bits per heavy atom. The summed E-state index contributed by atoms with van der Waals surface area (Å²) in [7, 11) is 0. The zero-order valence-corrected chi connectivity index (χ0v) is 13.5. The van der Waals surface area contributed by atoms with Gasteiger partial charge in [0, 0.05) is 38.3 Å². The molecule has 2 aliphatic rings. The number of hydrogen-bond donors (Lipinski definition) is 1. The lowest BCUT2D eigenvalue weighted by molar-refractivity contribution is 0.160. The van der Waals surface area contributed by atoms with Crippen molar-refractivity contribution in [3.63, 3.8) is 0 Å². The molecule has 2 nitrogen and oxygen atoms in total. The largest absolute Gasteiger partial charge is 0.314 e. The fourth-order valence-electron chi connectivity index (χ4n) is 2.93. The Hall–Kier alpha value is -0.420. The average molecular weight is 339 g/mol. The summed E-state index contributed by atoms with van der Waals surface area (Å²) in [5.41, 5.74) is 0.798. The summed E-state index contributed by atoms with van der Waals surface area (Å²) in [6, 6.07) is 4.12. The summed E-state index contributed by atoms with van der Waals surface area (Å²) in [5, 5.41) is 3.32. The van der Waals surface area contributed by atoms with Gasteiger partial charge in [0.1, 0.15) is 11.6 Å². The highest BCUT2D eigenvalue weighted by atomic mass is 35.5. The fraction of sp³-hybridized carbons (Fsp3) is 0.600. The van der Waals surface area contributed by atoms with E-state index in [0.29, 0.717) is 0 Å². The van der Waals surface area contributed by atoms with Crippen molar-refractivity contribution in [3.05, 3.63) is 35.4 Å². The Bertz CT molecular complexity index is 429. The number of nitrogens with one attached hydrogen (secondary N) is 1. The van der Waals surface area contributed by atoms with E-state index < -0.39 is 11.6 Å². The van der Waals surface area contributed by atoms with Crippen LogP contribution in [0.2, 0.25) is 0 Å². The van der Waals surface area contributed by atoms with Crippen LogP contribution in [0.5, 0.6) is 0 Å². The second kappa shape index (κ2) is 8.28. The third-order valence-electron chi connectivity index (χ3n) is 4.12. The molecule has 6 heteroatoms. The van der Waals surface area contributed by atoms with E-state index in [1.807, 2.05) is 0 Å². The van der Waals surface area contributed by atoms with Crippen molar-refractivity contribution in [2.24, 2.45) is 5.92 Å². The normalized spacial score (nSPS) is 20.3. The highest BCUT2D eigenvalue weighted by Crippen LogP contribution is 2.40. The van der Waals surface area contributed by atoms with Crippen molar-refractivity contribution in [1.29, 1.82) is 0 Å². The van der Waals surface area contributed by atoms with Gasteiger partial charge in [0.15, 0.2) is 0 Å². The van der Waals surface area contributed by atoms with Crippen molar-refractivity contribution in [2.75, 3.05) is 26.2 Å². The van der Waals surface area contributed by atoms with Crippen LogP contribution in [-0.2, 0) is 0 Å². The standard InChI is InChI=1S/C15H20F2N2.2ClH/c16-13-8-12(9-14(17)10-13)15(7-11-1-2-11)19-5-3-18-4-6-19;;/h8-11,15,18H,1-7H2;2*1H/t15-;;/m1../s1. The molecule has 1 N–H and O–H groups in total. The van der Waals surface area contributed by atoms with Gasteiger partial charge >= 0.3 is 0 Å². The minimum Gasteiger partial charge on any atom is -0.314 e. The molecule has 0 aromatic heterocycles. The molecule has 3 rings (SSSR count). The maximum absolute atomic E-state index is 13.4. The van der Waals surface area contributed by atoms with Gasteiger partial charge in [-0.1, -0.05) is 12.8 Å². The molecule has 0 unspecified atom stereocenters. The van der Waals surface area contributed by atoms with Crippen LogP contribution < -0.4 is 5.32 Å². The number of halogens is 4. The zero-order chi connectivity index (χ0) is 13.2. The van der Waals surface area contributed by atoms with E-state index in [4.69, 9.17) is 0 Å². The molecule has 1 aromatic rings. The highest BCUT2D eigenvalue weighted by Gasteiger charge is 2.30. The van der Waals surface area contributed by atoms with Crippen molar-refractivity contribution in [1.82, 2.24) is 10.2 Å². The van der Waals surface area contributed by atoms with E-state index in [2.05, 4.69) is 10.2 Å². The summed E-state index contributed by atoms with van der Waals surface area (Å²) in [4.78, 5) is 2.36. The lowest BCUT2D eigenvalue weighted by atomic mass is 9.98. The monoisotopic (exact) mass is 338 g/mol. The van der Waals surface area contributed by atoms with Crippen molar-refractivity contribution in [2.45, 2.75) is 25.3 Å². The lowest BCUT2D eigenvalue weighted by Crippen LogP contribution is -2.45. The Morgan fingerprint density at radius 3 is 2.14 bits per heavy atom. The molecular weight excluding hydrogens is 317 g/mol. The smallest absolute Gasteiger partial charge is 0.126 e. The first-order valence-corrected chi connectivity index (χ1v) is 7.13. The quantitative estimate of drug-likeness (QED) is 0.902. The molecule has 1 aliphatic heterocycles. The molecule has 0 amide bonds. The second-order valence-electron chi connectivity index (χ2n) is 5.68. The van der Waals surface area contributed by atoms with Crippen LogP contribution in [0.3, 0.4) is 0 Å². The Morgan fingerprint density at radius 2 is 1.62 bits per heavy atom. The molecule has 1 saturated heterocycles. The Kier molecular flexibility index (Phi) is 7.34. The molecule has 0 spiro atoms. The summed E-state index contributed by atoms with van der Waals surface area (Å²) in [6.07, 6.45) is 3.56. The first kappa shape index (κ1) is 18.6. The fourth-order valence-corrected chi connectivity index (χ4v) is 2.93. The Labute approximate surface area is 137 Å². The number of benzene rings is 1. The van der Waals surface area contributed by atoms with Gasteiger partial charge < -0.3 is 5.32 Å². The van der Waals surface area contributed by atoms with Crippen molar-refractivity contribution in [3.8, 4) is 0 Å². The van der Waals surface area contributed by atoms with Crippen molar-refractivity contribution >= 4 is 24.8 Å². The van der Waals surface area contributed by atoms with Gasteiger partial charge in [0.05, 0.1) is 0 Å². The third-order valence-corrected chi connectivity index (χ3v) is 4.12. The van der Waals surface area contributed by atoms with Gasteiger partial charge in [-0.15, -0.1) is 24.8 Å². The van der Waals surface area contributed by atoms with Gasteiger partial charge in [-0.3, -0.25) is 4.90 Å². The van der Waals surface area contributed by atoms with E-state index in [9.17, 15) is 8.78 Å². The molecule has 2 fully saturated rings. The van der Waals surface area contributed by atoms with Crippen LogP contribution in [0.4, 0.5) is 8.78 Å². The number of hydrogen-bond acceptors (Lipinski definition) is 2. The minimum atomic E-state index is -0.467. The predicted molar refractivity (Wildman–Crippen MR) is 85.4 cm³/mol. The molecule has 120 valence electrons. The molecule has 1 atom stereocenters. The second-order valence-corrected chi connectivity index (χ2v) is 5.68. The van der Waals surface area contributed by atoms with E-state index in [1.165, 1.54) is 25.0 Å². The third kappa shape index (κ3) is 5.06. The number of nitrogens with zero attached hydrogens (tertiary/aromatic N) is 1. The molecule has 0 bridgehead atoms. The molecule has 21 heavy (non-hydrogen) atoms. The van der Waals surface area contributed by atoms with E-state index in [1.54, 1.807) is 0 Å². The van der Waals surface area contributed by atoms with Crippen LogP contribution in [0.25, 0.3) is 0 Å². The average Bonchev–Trinajstić information content (AvgIpc) is 3.20. The molecule has 1 aliphatic carbocycles. The zero-order valence-electron chi connectivity index (χ0n) is 11.9. The first-order chi connectivity index (χ1) is 9.22.